The van der Waals surface area contributed by atoms with Crippen LogP contribution in [0.25, 0.3) is 0 Å². The number of aryl methyl sites for hydroxylation is 1. The van der Waals surface area contributed by atoms with Crippen molar-refractivity contribution in [1.29, 1.82) is 0 Å². The van der Waals surface area contributed by atoms with Crippen LogP contribution in [0.15, 0.2) is 52.9 Å². The van der Waals surface area contributed by atoms with Crippen molar-refractivity contribution in [3.8, 4) is 0 Å². The first-order chi connectivity index (χ1) is 19.4. The first kappa shape index (κ1) is 30.1. The zero-order valence-electron chi connectivity index (χ0n) is 22.2. The SMILES string of the molecule is Cc1nnc(SC[C@H]2C[C@@H](c3ccc(CO)cc3)O[C@@H](c3ccc(NC(=O)CCCCCC(=O)NO)cc3)O2)s1. The molecular weight excluding hydrogens is 552 g/mol. The van der Waals surface area contributed by atoms with Crippen LogP contribution < -0.4 is 10.8 Å². The number of nitrogens with one attached hydrogen (secondary N) is 2. The van der Waals surface area contributed by atoms with Gasteiger partial charge in [-0.15, -0.1) is 10.2 Å². The van der Waals surface area contributed by atoms with Gasteiger partial charge in [0.2, 0.25) is 11.8 Å². The van der Waals surface area contributed by atoms with E-state index in [1.54, 1.807) is 28.6 Å². The molecule has 12 heteroatoms. The van der Waals surface area contributed by atoms with Crippen LogP contribution in [0.2, 0.25) is 0 Å². The number of anilines is 1. The average Bonchev–Trinajstić information content (AvgIpc) is 3.41. The van der Waals surface area contributed by atoms with Gasteiger partial charge in [0.25, 0.3) is 0 Å². The number of rotatable bonds is 13. The number of thioether (sulfide) groups is 1. The number of aromatic nitrogens is 2. The molecule has 10 nitrogen and oxygen atoms in total. The predicted octanol–water partition coefficient (Wildman–Crippen LogP) is 5.07. The maximum atomic E-state index is 12.3. The molecule has 214 valence electrons. The maximum absolute atomic E-state index is 12.3. The molecule has 1 aliphatic rings. The van der Waals surface area contributed by atoms with Gasteiger partial charge in [-0.3, -0.25) is 14.8 Å². The molecule has 2 aromatic carbocycles. The second-order valence-electron chi connectivity index (χ2n) is 9.51. The molecule has 0 unspecified atom stereocenters. The van der Waals surface area contributed by atoms with Gasteiger partial charge >= 0.3 is 0 Å². The largest absolute Gasteiger partial charge is 0.392 e. The standard InChI is InChI=1S/C28H34N4O6S2/c1-18-30-31-28(40-18)39-17-23-15-24(20-9-7-19(16-33)8-10-20)38-27(37-23)21-11-13-22(14-12-21)29-25(34)5-3-2-4-6-26(35)32-36/h7-14,23-24,27,33,36H,2-6,15-17H2,1H3,(H,29,34)(H,32,35)/t23-,24+,27+/m1/s1. The van der Waals surface area contributed by atoms with E-state index in [-0.39, 0.29) is 31.1 Å². The fourth-order valence-electron chi connectivity index (χ4n) is 4.27. The summed E-state index contributed by atoms with van der Waals surface area (Å²) in [6, 6.07) is 15.2. The molecule has 40 heavy (non-hydrogen) atoms. The molecule has 3 aromatic rings. The number of aliphatic hydroxyl groups is 1. The molecule has 2 amide bonds. The lowest BCUT2D eigenvalue weighted by Gasteiger charge is -2.36. The maximum Gasteiger partial charge on any atom is 0.243 e. The van der Waals surface area contributed by atoms with E-state index in [9.17, 15) is 14.7 Å². The number of unbranched alkanes of at least 4 members (excludes halogenated alkanes) is 2. The normalized spacial score (nSPS) is 18.8. The van der Waals surface area contributed by atoms with Crippen molar-refractivity contribution in [2.24, 2.45) is 0 Å². The summed E-state index contributed by atoms with van der Waals surface area (Å²) in [6.45, 7) is 1.92. The van der Waals surface area contributed by atoms with E-state index in [1.165, 1.54) is 0 Å². The van der Waals surface area contributed by atoms with Gasteiger partial charge in [0.05, 0.1) is 18.8 Å². The Morgan fingerprint density at radius 1 is 0.975 bits per heavy atom. The third-order valence-corrected chi connectivity index (χ3v) is 8.52. The highest BCUT2D eigenvalue weighted by atomic mass is 32.2. The van der Waals surface area contributed by atoms with E-state index in [4.69, 9.17) is 14.7 Å². The highest BCUT2D eigenvalue weighted by Crippen LogP contribution is 2.39. The van der Waals surface area contributed by atoms with Gasteiger partial charge in [-0.25, -0.2) is 5.48 Å². The lowest BCUT2D eigenvalue weighted by molar-refractivity contribution is -0.245. The molecule has 0 bridgehead atoms. The van der Waals surface area contributed by atoms with Gasteiger partial charge in [-0.2, -0.15) is 0 Å². The minimum Gasteiger partial charge on any atom is -0.392 e. The van der Waals surface area contributed by atoms with Gasteiger partial charge in [-0.1, -0.05) is 65.9 Å². The van der Waals surface area contributed by atoms with Crippen molar-refractivity contribution in [1.82, 2.24) is 15.7 Å². The lowest BCUT2D eigenvalue weighted by Crippen LogP contribution is -2.31. The molecule has 4 N–H and O–H groups in total. The highest BCUT2D eigenvalue weighted by Gasteiger charge is 2.32. The molecule has 0 saturated carbocycles. The number of hydrogen-bond donors (Lipinski definition) is 4. The first-order valence-electron chi connectivity index (χ1n) is 13.2. The number of carbonyl (C=O) groups excluding carboxylic acids is 2. The van der Waals surface area contributed by atoms with Crippen LogP contribution in [-0.4, -0.2) is 44.2 Å². The summed E-state index contributed by atoms with van der Waals surface area (Å²) >= 11 is 3.18. The molecule has 0 aliphatic carbocycles. The average molecular weight is 587 g/mol. The van der Waals surface area contributed by atoms with Crippen molar-refractivity contribution in [2.45, 2.75) is 74.9 Å². The van der Waals surface area contributed by atoms with Crippen LogP contribution in [-0.2, 0) is 25.7 Å². The van der Waals surface area contributed by atoms with Crippen molar-refractivity contribution in [3.63, 3.8) is 0 Å². The van der Waals surface area contributed by atoms with Crippen LogP contribution in [0.1, 0.15) is 72.6 Å². The number of carbonyl (C=O) groups is 2. The zero-order valence-corrected chi connectivity index (χ0v) is 23.9. The van der Waals surface area contributed by atoms with Gasteiger partial charge < -0.3 is 19.9 Å². The second-order valence-corrected chi connectivity index (χ2v) is 12.0. The fourth-order valence-corrected chi connectivity index (χ4v) is 6.13. The molecule has 3 atom stereocenters. The minimum atomic E-state index is -0.584. The van der Waals surface area contributed by atoms with E-state index in [1.807, 2.05) is 55.5 Å². The summed E-state index contributed by atoms with van der Waals surface area (Å²) in [5.74, 6) is 0.191. The zero-order chi connectivity index (χ0) is 28.3. The summed E-state index contributed by atoms with van der Waals surface area (Å²) in [7, 11) is 0. The minimum absolute atomic E-state index is 0.00961. The van der Waals surface area contributed by atoms with Crippen molar-refractivity contribution >= 4 is 40.6 Å². The van der Waals surface area contributed by atoms with Crippen LogP contribution in [0, 0.1) is 6.92 Å². The monoisotopic (exact) mass is 586 g/mol. The fraction of sp³-hybridized carbons (Fsp3) is 0.429. The van der Waals surface area contributed by atoms with Gasteiger partial charge in [0.1, 0.15) is 5.01 Å². The summed E-state index contributed by atoms with van der Waals surface area (Å²) in [5.41, 5.74) is 5.00. The molecule has 2 heterocycles. The number of hydrogen-bond acceptors (Lipinski definition) is 10. The van der Waals surface area contributed by atoms with E-state index >= 15 is 0 Å². The molecule has 1 saturated heterocycles. The smallest absolute Gasteiger partial charge is 0.243 e. The number of benzene rings is 2. The predicted molar refractivity (Wildman–Crippen MR) is 152 cm³/mol. The summed E-state index contributed by atoms with van der Waals surface area (Å²) in [4.78, 5) is 23.4. The molecule has 1 fully saturated rings. The van der Waals surface area contributed by atoms with Gasteiger partial charge in [0, 0.05) is 36.3 Å². The molecule has 1 aromatic heterocycles. The Morgan fingerprint density at radius 3 is 2.33 bits per heavy atom. The number of amides is 2. The number of ether oxygens (including phenoxy) is 2. The number of hydroxylamine groups is 1. The van der Waals surface area contributed by atoms with E-state index in [2.05, 4.69) is 15.5 Å². The van der Waals surface area contributed by atoms with E-state index in [0.29, 0.717) is 37.1 Å². The first-order valence-corrected chi connectivity index (χ1v) is 15.0. The summed E-state index contributed by atoms with van der Waals surface area (Å²) in [6.07, 6.45) is 2.40. The summed E-state index contributed by atoms with van der Waals surface area (Å²) in [5, 5.41) is 30.1. The Balaban J connectivity index is 1.36. The third-order valence-electron chi connectivity index (χ3n) is 6.41. The molecule has 0 spiro atoms. The molecule has 4 rings (SSSR count). The van der Waals surface area contributed by atoms with Crippen LogP contribution in [0.5, 0.6) is 0 Å². The Bertz CT molecular complexity index is 1240. The van der Waals surface area contributed by atoms with Crippen molar-refractivity contribution in [2.75, 3.05) is 11.1 Å². The lowest BCUT2D eigenvalue weighted by atomic mass is 10.0. The molecule has 0 radical (unpaired) electrons. The van der Waals surface area contributed by atoms with Crippen molar-refractivity contribution < 1.29 is 29.4 Å². The van der Waals surface area contributed by atoms with Gasteiger partial charge in [0.15, 0.2) is 10.6 Å². The van der Waals surface area contributed by atoms with Crippen LogP contribution >= 0.6 is 23.1 Å². The second kappa shape index (κ2) is 15.2. The van der Waals surface area contributed by atoms with Gasteiger partial charge in [-0.05, 0) is 43.0 Å². The van der Waals surface area contributed by atoms with Crippen LogP contribution in [0.3, 0.4) is 0 Å². The third kappa shape index (κ3) is 9.08. The highest BCUT2D eigenvalue weighted by molar-refractivity contribution is 8.01. The quantitative estimate of drug-likeness (QED) is 0.0934. The Labute approximate surface area is 241 Å². The Kier molecular flexibility index (Phi) is 11.5. The van der Waals surface area contributed by atoms with E-state index in [0.717, 1.165) is 32.5 Å². The van der Waals surface area contributed by atoms with E-state index < -0.39 is 12.2 Å². The molecular formula is C28H34N4O6S2. The van der Waals surface area contributed by atoms with Crippen LogP contribution in [0.4, 0.5) is 5.69 Å². The number of nitrogens with zero attached hydrogens (tertiary/aromatic N) is 2. The topological polar surface area (TPSA) is 143 Å². The Hall–Kier alpha value is -2.87. The van der Waals surface area contributed by atoms with Crippen molar-refractivity contribution in [3.05, 3.63) is 70.2 Å². The molecule has 1 aliphatic heterocycles. The number of aliphatic hydroxyl groups excluding tert-OH is 1. The Morgan fingerprint density at radius 2 is 1.68 bits per heavy atom. The summed E-state index contributed by atoms with van der Waals surface area (Å²) < 4.78 is 13.7.